The highest BCUT2D eigenvalue weighted by molar-refractivity contribution is 5.76. The maximum absolute atomic E-state index is 12.3. The standard InChI is InChI=1S/C14H23N3O/c1-13(17-10-7-15-12-17)11-14(18)16-8-5-3-2-4-6-9-16/h7,10,12-13H,2-6,8-9,11H2,1H3. The van der Waals surface area contributed by atoms with Crippen LogP contribution in [0, 0.1) is 0 Å². The number of rotatable bonds is 3. The van der Waals surface area contributed by atoms with Gasteiger partial charge in [0, 0.05) is 37.9 Å². The molecule has 4 nitrogen and oxygen atoms in total. The largest absolute Gasteiger partial charge is 0.343 e. The van der Waals surface area contributed by atoms with Crippen molar-refractivity contribution in [2.75, 3.05) is 13.1 Å². The molecule has 1 atom stereocenters. The van der Waals surface area contributed by atoms with Crippen molar-refractivity contribution >= 4 is 5.91 Å². The van der Waals surface area contributed by atoms with Crippen molar-refractivity contribution < 1.29 is 4.79 Å². The smallest absolute Gasteiger partial charge is 0.224 e. The van der Waals surface area contributed by atoms with Crippen LogP contribution in [-0.4, -0.2) is 33.4 Å². The van der Waals surface area contributed by atoms with Crippen LogP contribution in [0.3, 0.4) is 0 Å². The third-order valence-electron chi connectivity index (χ3n) is 3.71. The van der Waals surface area contributed by atoms with E-state index < -0.39 is 0 Å². The van der Waals surface area contributed by atoms with Gasteiger partial charge >= 0.3 is 0 Å². The Morgan fingerprint density at radius 1 is 1.22 bits per heavy atom. The molecule has 1 saturated heterocycles. The van der Waals surface area contributed by atoms with Crippen LogP contribution in [0.4, 0.5) is 0 Å². The second-order valence-electron chi connectivity index (χ2n) is 5.21. The molecule has 1 aliphatic heterocycles. The van der Waals surface area contributed by atoms with Crippen molar-refractivity contribution in [2.24, 2.45) is 0 Å². The van der Waals surface area contributed by atoms with Crippen molar-refractivity contribution in [1.29, 1.82) is 0 Å². The lowest BCUT2D eigenvalue weighted by molar-refractivity contribution is -0.132. The Labute approximate surface area is 109 Å². The molecule has 1 aromatic heterocycles. The highest BCUT2D eigenvalue weighted by Gasteiger charge is 2.17. The van der Waals surface area contributed by atoms with Crippen LogP contribution in [0.5, 0.6) is 0 Å². The van der Waals surface area contributed by atoms with Gasteiger partial charge in [-0.15, -0.1) is 0 Å². The lowest BCUT2D eigenvalue weighted by atomic mass is 10.1. The van der Waals surface area contributed by atoms with Gasteiger partial charge in [-0.25, -0.2) is 4.98 Å². The van der Waals surface area contributed by atoms with Crippen LogP contribution in [-0.2, 0) is 4.79 Å². The number of carbonyl (C=O) groups is 1. The average Bonchev–Trinajstić information content (AvgIpc) is 2.81. The molecule has 0 N–H and O–H groups in total. The molecule has 0 bridgehead atoms. The molecule has 1 aromatic rings. The van der Waals surface area contributed by atoms with Crippen LogP contribution in [0.15, 0.2) is 18.7 Å². The maximum Gasteiger partial charge on any atom is 0.224 e. The first-order valence-corrected chi connectivity index (χ1v) is 7.02. The van der Waals surface area contributed by atoms with Gasteiger partial charge in [0.25, 0.3) is 0 Å². The molecule has 0 spiro atoms. The number of imidazole rings is 1. The molecule has 0 radical (unpaired) electrons. The zero-order valence-corrected chi connectivity index (χ0v) is 11.2. The van der Waals surface area contributed by atoms with Crippen LogP contribution in [0.1, 0.15) is 51.5 Å². The van der Waals surface area contributed by atoms with Gasteiger partial charge in [0.1, 0.15) is 0 Å². The van der Waals surface area contributed by atoms with Crippen molar-refractivity contribution in [2.45, 2.75) is 51.5 Å². The van der Waals surface area contributed by atoms with Crippen molar-refractivity contribution in [3.8, 4) is 0 Å². The molecular formula is C14H23N3O. The Balaban J connectivity index is 1.86. The Kier molecular flexibility index (Phi) is 4.79. The molecule has 0 aliphatic carbocycles. The molecular weight excluding hydrogens is 226 g/mol. The highest BCUT2D eigenvalue weighted by Crippen LogP contribution is 2.15. The summed E-state index contributed by atoms with van der Waals surface area (Å²) in [6, 6.07) is 0.199. The van der Waals surface area contributed by atoms with E-state index in [0.717, 1.165) is 25.9 Å². The second kappa shape index (κ2) is 6.57. The van der Waals surface area contributed by atoms with E-state index in [1.54, 1.807) is 12.5 Å². The Bertz CT molecular complexity index is 353. The first-order chi connectivity index (χ1) is 8.77. The molecule has 4 heteroatoms. The van der Waals surface area contributed by atoms with Gasteiger partial charge < -0.3 is 9.47 Å². The summed E-state index contributed by atoms with van der Waals surface area (Å²) in [7, 11) is 0. The number of hydrogen-bond donors (Lipinski definition) is 0. The Morgan fingerprint density at radius 3 is 2.50 bits per heavy atom. The van der Waals surface area contributed by atoms with Crippen molar-refractivity contribution in [1.82, 2.24) is 14.5 Å². The van der Waals surface area contributed by atoms with Gasteiger partial charge in [-0.3, -0.25) is 4.79 Å². The monoisotopic (exact) mass is 249 g/mol. The molecule has 2 heterocycles. The zero-order chi connectivity index (χ0) is 12.8. The maximum atomic E-state index is 12.3. The van der Waals surface area contributed by atoms with Crippen LogP contribution < -0.4 is 0 Å². The summed E-state index contributed by atoms with van der Waals surface area (Å²) in [6.07, 6.45) is 12.2. The topological polar surface area (TPSA) is 38.1 Å². The Morgan fingerprint density at radius 2 is 1.89 bits per heavy atom. The van der Waals surface area contributed by atoms with Gasteiger partial charge in [-0.2, -0.15) is 0 Å². The molecule has 1 amide bonds. The molecule has 0 aromatic carbocycles. The van der Waals surface area contributed by atoms with E-state index in [0.29, 0.717) is 6.42 Å². The summed E-state index contributed by atoms with van der Waals surface area (Å²) in [6.45, 7) is 3.95. The molecule has 1 fully saturated rings. The molecule has 1 unspecified atom stereocenters. The van der Waals surface area contributed by atoms with Gasteiger partial charge in [0.05, 0.1) is 6.33 Å². The summed E-state index contributed by atoms with van der Waals surface area (Å²) in [5.74, 6) is 0.290. The predicted molar refractivity (Wildman–Crippen MR) is 71.2 cm³/mol. The number of likely N-dealkylation sites (tertiary alicyclic amines) is 1. The van der Waals surface area contributed by atoms with Crippen LogP contribution in [0.2, 0.25) is 0 Å². The Hall–Kier alpha value is -1.32. The SMILES string of the molecule is CC(CC(=O)N1CCCCCCC1)n1ccnc1. The third kappa shape index (κ3) is 3.59. The van der Waals surface area contributed by atoms with E-state index in [2.05, 4.69) is 11.9 Å². The lowest BCUT2D eigenvalue weighted by Gasteiger charge is -2.26. The van der Waals surface area contributed by atoms with E-state index in [-0.39, 0.29) is 11.9 Å². The van der Waals surface area contributed by atoms with Gasteiger partial charge in [-0.1, -0.05) is 19.3 Å². The van der Waals surface area contributed by atoms with Crippen molar-refractivity contribution in [3.05, 3.63) is 18.7 Å². The van der Waals surface area contributed by atoms with Crippen molar-refractivity contribution in [3.63, 3.8) is 0 Å². The number of hydrogen-bond acceptors (Lipinski definition) is 2. The fourth-order valence-electron chi connectivity index (χ4n) is 2.51. The molecule has 100 valence electrons. The molecule has 1 aliphatic rings. The average molecular weight is 249 g/mol. The van der Waals surface area contributed by atoms with Gasteiger partial charge in [-0.05, 0) is 19.8 Å². The van der Waals surface area contributed by atoms with Crippen LogP contribution in [0.25, 0.3) is 0 Å². The summed E-state index contributed by atoms with van der Waals surface area (Å²) in [5.41, 5.74) is 0. The minimum Gasteiger partial charge on any atom is -0.343 e. The predicted octanol–water partition coefficient (Wildman–Crippen LogP) is 2.63. The summed E-state index contributed by atoms with van der Waals surface area (Å²) < 4.78 is 2.00. The molecule has 2 rings (SSSR count). The fourth-order valence-corrected chi connectivity index (χ4v) is 2.51. The van der Waals surface area contributed by atoms with Gasteiger partial charge in [0.2, 0.25) is 5.91 Å². The van der Waals surface area contributed by atoms with E-state index >= 15 is 0 Å². The highest BCUT2D eigenvalue weighted by atomic mass is 16.2. The zero-order valence-electron chi connectivity index (χ0n) is 11.2. The summed E-state index contributed by atoms with van der Waals surface area (Å²) in [5, 5.41) is 0. The van der Waals surface area contributed by atoms with E-state index in [1.165, 1.54) is 19.3 Å². The minimum atomic E-state index is 0.199. The molecule has 18 heavy (non-hydrogen) atoms. The van der Waals surface area contributed by atoms with Crippen LogP contribution >= 0.6 is 0 Å². The minimum absolute atomic E-state index is 0.199. The first kappa shape index (κ1) is 13.1. The first-order valence-electron chi connectivity index (χ1n) is 7.02. The number of carbonyl (C=O) groups excluding carboxylic acids is 1. The van der Waals surface area contributed by atoms with E-state index in [9.17, 15) is 4.79 Å². The lowest BCUT2D eigenvalue weighted by Crippen LogP contribution is -2.34. The quantitative estimate of drug-likeness (QED) is 0.826. The van der Waals surface area contributed by atoms with Gasteiger partial charge in [0.15, 0.2) is 0 Å². The molecule has 0 saturated carbocycles. The summed E-state index contributed by atoms with van der Waals surface area (Å²) in [4.78, 5) is 18.3. The normalized spacial score (nSPS) is 19.1. The van der Waals surface area contributed by atoms with E-state index in [4.69, 9.17) is 0 Å². The summed E-state index contributed by atoms with van der Waals surface area (Å²) >= 11 is 0. The second-order valence-corrected chi connectivity index (χ2v) is 5.21. The fraction of sp³-hybridized carbons (Fsp3) is 0.714. The number of nitrogens with zero attached hydrogens (tertiary/aromatic N) is 3. The number of amides is 1. The van der Waals surface area contributed by atoms with E-state index in [1.807, 2.05) is 15.7 Å². The third-order valence-corrected chi connectivity index (χ3v) is 3.71. The number of aromatic nitrogens is 2.